The van der Waals surface area contributed by atoms with Crippen LogP contribution in [0.25, 0.3) is 0 Å². The normalized spacial score (nSPS) is 10.7. The second-order valence-corrected chi connectivity index (χ2v) is 5.00. The van der Waals surface area contributed by atoms with E-state index in [0.29, 0.717) is 5.56 Å². The summed E-state index contributed by atoms with van der Waals surface area (Å²) in [5, 5.41) is 0.113. The van der Waals surface area contributed by atoms with Crippen LogP contribution in [-0.2, 0) is 6.54 Å². The Balaban J connectivity index is 2.40. The molecule has 0 saturated heterocycles. The van der Waals surface area contributed by atoms with Gasteiger partial charge in [-0.3, -0.25) is 9.36 Å². The van der Waals surface area contributed by atoms with Crippen molar-refractivity contribution >= 4 is 34.2 Å². The van der Waals surface area contributed by atoms with E-state index < -0.39 is 11.6 Å². The molecule has 0 amide bonds. The Morgan fingerprint density at radius 1 is 1.28 bits per heavy atom. The molecule has 0 spiro atoms. The van der Waals surface area contributed by atoms with Crippen LogP contribution in [0.15, 0.2) is 29.3 Å². The highest BCUT2D eigenvalue weighted by Crippen LogP contribution is 2.12. The van der Waals surface area contributed by atoms with Crippen molar-refractivity contribution in [3.8, 4) is 0 Å². The molecular formula is C11H6ClF2IN2O. The van der Waals surface area contributed by atoms with Crippen LogP contribution in [0.3, 0.4) is 0 Å². The van der Waals surface area contributed by atoms with Gasteiger partial charge in [0, 0.05) is 6.07 Å². The van der Waals surface area contributed by atoms with Crippen LogP contribution in [0, 0.1) is 15.2 Å². The molecule has 0 saturated carbocycles. The summed E-state index contributed by atoms with van der Waals surface area (Å²) in [5.74, 6) is -1.37. The standard InChI is InChI=1S/C11H6ClF2IN2O/c12-10-9(15)11(18)17(5-16-10)4-6-1-7(13)3-8(14)2-6/h1-3,5H,4H2. The topological polar surface area (TPSA) is 34.9 Å². The zero-order valence-corrected chi connectivity index (χ0v) is 11.7. The summed E-state index contributed by atoms with van der Waals surface area (Å²) in [6, 6.07) is 3.10. The fraction of sp³-hybridized carbons (Fsp3) is 0.0909. The Morgan fingerprint density at radius 2 is 1.89 bits per heavy atom. The monoisotopic (exact) mass is 382 g/mol. The molecule has 0 fully saturated rings. The summed E-state index contributed by atoms with van der Waals surface area (Å²) in [6.45, 7) is 0.0354. The Labute approximate surface area is 120 Å². The Morgan fingerprint density at radius 3 is 2.50 bits per heavy atom. The Bertz CT molecular complexity index is 640. The number of aromatic nitrogens is 2. The molecule has 2 aromatic rings. The maximum absolute atomic E-state index is 13.0. The lowest BCUT2D eigenvalue weighted by molar-refractivity contribution is 0.576. The molecule has 0 aliphatic carbocycles. The van der Waals surface area contributed by atoms with Crippen molar-refractivity contribution in [3.05, 3.63) is 60.8 Å². The third-order valence-corrected chi connectivity index (χ3v) is 3.79. The van der Waals surface area contributed by atoms with Gasteiger partial charge in [-0.25, -0.2) is 13.8 Å². The largest absolute Gasteiger partial charge is 0.294 e. The minimum Gasteiger partial charge on any atom is -0.294 e. The Hall–Kier alpha value is -1.02. The molecule has 0 atom stereocenters. The first-order valence-electron chi connectivity index (χ1n) is 4.83. The van der Waals surface area contributed by atoms with Crippen molar-refractivity contribution in [1.82, 2.24) is 9.55 Å². The maximum atomic E-state index is 13.0. The van der Waals surface area contributed by atoms with E-state index in [1.807, 2.05) is 0 Å². The van der Waals surface area contributed by atoms with Crippen LogP contribution in [-0.4, -0.2) is 9.55 Å². The van der Waals surface area contributed by atoms with E-state index in [0.717, 1.165) is 18.2 Å². The van der Waals surface area contributed by atoms with Crippen LogP contribution in [0.5, 0.6) is 0 Å². The predicted octanol–water partition coefficient (Wildman–Crippen LogP) is 2.83. The third kappa shape index (κ3) is 2.86. The number of hydrogen-bond donors (Lipinski definition) is 0. The molecule has 1 aromatic heterocycles. The highest BCUT2D eigenvalue weighted by atomic mass is 127. The van der Waals surface area contributed by atoms with Crippen LogP contribution in [0.4, 0.5) is 8.78 Å². The molecular weight excluding hydrogens is 376 g/mol. The van der Waals surface area contributed by atoms with E-state index in [-0.39, 0.29) is 20.8 Å². The second-order valence-electron chi connectivity index (χ2n) is 3.56. The zero-order valence-electron chi connectivity index (χ0n) is 8.83. The van der Waals surface area contributed by atoms with Crippen molar-refractivity contribution in [2.24, 2.45) is 0 Å². The highest BCUT2D eigenvalue weighted by molar-refractivity contribution is 14.1. The molecule has 0 aliphatic rings. The van der Waals surface area contributed by atoms with E-state index in [1.165, 1.54) is 10.9 Å². The van der Waals surface area contributed by atoms with Gasteiger partial charge in [0.05, 0.1) is 12.9 Å². The van der Waals surface area contributed by atoms with Gasteiger partial charge in [-0.2, -0.15) is 0 Å². The minimum atomic E-state index is -0.685. The van der Waals surface area contributed by atoms with Crippen LogP contribution in [0.1, 0.15) is 5.56 Å². The average molecular weight is 383 g/mol. The van der Waals surface area contributed by atoms with Gasteiger partial charge in [0.25, 0.3) is 5.56 Å². The van der Waals surface area contributed by atoms with E-state index in [4.69, 9.17) is 11.6 Å². The lowest BCUT2D eigenvalue weighted by Gasteiger charge is -2.06. The number of hydrogen-bond acceptors (Lipinski definition) is 2. The molecule has 0 unspecified atom stereocenters. The summed E-state index contributed by atoms with van der Waals surface area (Å²) in [5.41, 5.74) is -0.00482. The molecule has 3 nitrogen and oxygen atoms in total. The van der Waals surface area contributed by atoms with Gasteiger partial charge >= 0.3 is 0 Å². The molecule has 18 heavy (non-hydrogen) atoms. The average Bonchev–Trinajstić information content (AvgIpc) is 2.29. The minimum absolute atomic E-state index is 0.0354. The summed E-state index contributed by atoms with van der Waals surface area (Å²) < 4.78 is 27.5. The number of halogens is 4. The van der Waals surface area contributed by atoms with Crippen molar-refractivity contribution < 1.29 is 8.78 Å². The van der Waals surface area contributed by atoms with Gasteiger partial charge in [0.2, 0.25) is 0 Å². The first kappa shape index (κ1) is 13.4. The van der Waals surface area contributed by atoms with Gasteiger partial charge in [0.1, 0.15) is 20.4 Å². The quantitative estimate of drug-likeness (QED) is 0.591. The van der Waals surface area contributed by atoms with E-state index in [1.54, 1.807) is 22.6 Å². The lowest BCUT2D eigenvalue weighted by atomic mass is 10.2. The van der Waals surface area contributed by atoms with Gasteiger partial charge in [-0.05, 0) is 40.3 Å². The molecule has 94 valence electrons. The van der Waals surface area contributed by atoms with Gasteiger partial charge in [0.15, 0.2) is 0 Å². The summed E-state index contributed by atoms with van der Waals surface area (Å²) in [4.78, 5) is 15.6. The fourth-order valence-corrected chi connectivity index (χ4v) is 2.03. The second kappa shape index (κ2) is 5.31. The summed E-state index contributed by atoms with van der Waals surface area (Å²) in [6.07, 6.45) is 1.25. The molecule has 7 heteroatoms. The molecule has 2 rings (SSSR count). The highest BCUT2D eigenvalue weighted by Gasteiger charge is 2.08. The van der Waals surface area contributed by atoms with Gasteiger partial charge in [-0.15, -0.1) is 0 Å². The lowest BCUT2D eigenvalue weighted by Crippen LogP contribution is -2.23. The summed E-state index contributed by atoms with van der Waals surface area (Å²) in [7, 11) is 0. The van der Waals surface area contributed by atoms with Crippen molar-refractivity contribution in [2.75, 3.05) is 0 Å². The van der Waals surface area contributed by atoms with Crippen molar-refractivity contribution in [3.63, 3.8) is 0 Å². The first-order chi connectivity index (χ1) is 8.47. The number of rotatable bonds is 2. The van der Waals surface area contributed by atoms with Crippen LogP contribution in [0.2, 0.25) is 5.15 Å². The predicted molar refractivity (Wildman–Crippen MR) is 71.7 cm³/mol. The van der Waals surface area contributed by atoms with Gasteiger partial charge in [-0.1, -0.05) is 11.6 Å². The maximum Gasteiger partial charge on any atom is 0.268 e. The smallest absolute Gasteiger partial charge is 0.268 e. The van der Waals surface area contributed by atoms with E-state index >= 15 is 0 Å². The van der Waals surface area contributed by atoms with Crippen LogP contribution < -0.4 is 5.56 Å². The molecule has 1 heterocycles. The van der Waals surface area contributed by atoms with Crippen molar-refractivity contribution in [1.29, 1.82) is 0 Å². The zero-order chi connectivity index (χ0) is 13.3. The summed E-state index contributed by atoms with van der Waals surface area (Å²) >= 11 is 7.46. The molecule has 0 aliphatic heterocycles. The SMILES string of the molecule is O=c1c(I)c(Cl)ncn1Cc1cc(F)cc(F)c1. The molecule has 0 N–H and O–H groups in total. The first-order valence-corrected chi connectivity index (χ1v) is 6.28. The third-order valence-electron chi connectivity index (χ3n) is 2.22. The van der Waals surface area contributed by atoms with E-state index in [9.17, 15) is 13.6 Å². The van der Waals surface area contributed by atoms with Crippen molar-refractivity contribution in [2.45, 2.75) is 6.54 Å². The molecule has 1 aromatic carbocycles. The van der Waals surface area contributed by atoms with Gasteiger partial charge < -0.3 is 0 Å². The molecule has 0 bridgehead atoms. The molecule has 0 radical (unpaired) electrons. The van der Waals surface area contributed by atoms with E-state index in [2.05, 4.69) is 4.98 Å². The number of nitrogens with zero attached hydrogens (tertiary/aromatic N) is 2. The number of benzene rings is 1. The fourth-order valence-electron chi connectivity index (χ4n) is 1.46. The Kier molecular flexibility index (Phi) is 3.96. The van der Waals surface area contributed by atoms with Crippen LogP contribution >= 0.6 is 34.2 Å².